The van der Waals surface area contributed by atoms with E-state index >= 15 is 0 Å². The molecule has 3 unspecified atom stereocenters. The molecule has 14 heavy (non-hydrogen) atoms. The van der Waals surface area contributed by atoms with Gasteiger partial charge in [-0.25, -0.2) is 0 Å². The van der Waals surface area contributed by atoms with Crippen molar-refractivity contribution < 1.29 is 4.74 Å². The van der Waals surface area contributed by atoms with Crippen LogP contribution in [0.2, 0.25) is 0 Å². The Bertz CT molecular complexity index is 232. The Hall–Kier alpha value is -0.220. The van der Waals surface area contributed by atoms with Gasteiger partial charge < -0.3 is 10.1 Å². The molecule has 0 radical (unpaired) electrons. The van der Waals surface area contributed by atoms with E-state index in [-0.39, 0.29) is 0 Å². The smallest absolute Gasteiger partial charge is 0.156 e. The number of hydrogen-bond donors (Lipinski definition) is 1. The molecule has 1 saturated heterocycles. The summed E-state index contributed by atoms with van der Waals surface area (Å²) in [5.41, 5.74) is 0. The van der Waals surface area contributed by atoms with Crippen LogP contribution in [-0.2, 0) is 4.74 Å². The van der Waals surface area contributed by atoms with Gasteiger partial charge in [-0.05, 0) is 19.3 Å². The Morgan fingerprint density at radius 2 is 2.36 bits per heavy atom. The minimum Gasteiger partial charge on any atom is -0.376 e. The van der Waals surface area contributed by atoms with Gasteiger partial charge in [-0.3, -0.25) is 4.99 Å². The number of thioether (sulfide) groups is 1. The maximum atomic E-state index is 5.50. The van der Waals surface area contributed by atoms with Gasteiger partial charge in [0.25, 0.3) is 0 Å². The van der Waals surface area contributed by atoms with E-state index in [1.807, 2.05) is 11.8 Å². The minimum absolute atomic E-state index is 0.331. The van der Waals surface area contributed by atoms with Crippen LogP contribution in [0.4, 0.5) is 0 Å². The van der Waals surface area contributed by atoms with Gasteiger partial charge in [0.05, 0.1) is 12.1 Å². The number of ether oxygens (including phenoxy) is 1. The lowest BCUT2D eigenvalue weighted by Crippen LogP contribution is -2.39. The molecular formula is C10H18N2OS. The van der Waals surface area contributed by atoms with Crippen molar-refractivity contribution in [2.75, 3.05) is 18.9 Å². The van der Waals surface area contributed by atoms with Crippen LogP contribution in [-0.4, -0.2) is 36.2 Å². The van der Waals surface area contributed by atoms with Crippen molar-refractivity contribution in [2.45, 2.75) is 32.4 Å². The van der Waals surface area contributed by atoms with Gasteiger partial charge in [-0.1, -0.05) is 18.7 Å². The first-order valence-electron chi connectivity index (χ1n) is 5.31. The Labute approximate surface area is 89.7 Å². The summed E-state index contributed by atoms with van der Waals surface area (Å²) in [5.74, 6) is 1.91. The molecule has 1 N–H and O–H groups in total. The van der Waals surface area contributed by atoms with Gasteiger partial charge in [-0.2, -0.15) is 0 Å². The van der Waals surface area contributed by atoms with Crippen LogP contribution >= 0.6 is 11.8 Å². The molecule has 2 aliphatic heterocycles. The molecule has 0 saturated carbocycles. The molecule has 0 aromatic rings. The number of rotatable bonds is 1. The lowest BCUT2D eigenvalue weighted by Gasteiger charge is -2.22. The average molecular weight is 214 g/mol. The maximum Gasteiger partial charge on any atom is 0.156 e. The van der Waals surface area contributed by atoms with Crippen molar-refractivity contribution in [2.24, 2.45) is 10.9 Å². The summed E-state index contributed by atoms with van der Waals surface area (Å²) in [6.45, 7) is 6.22. The number of nitrogens with one attached hydrogen (secondary N) is 1. The van der Waals surface area contributed by atoms with Gasteiger partial charge in [0.2, 0.25) is 0 Å². The third kappa shape index (κ3) is 2.42. The van der Waals surface area contributed by atoms with E-state index in [1.54, 1.807) is 0 Å². The highest BCUT2D eigenvalue weighted by Gasteiger charge is 2.25. The molecule has 0 spiro atoms. The van der Waals surface area contributed by atoms with Crippen LogP contribution < -0.4 is 5.32 Å². The molecule has 2 rings (SSSR count). The largest absolute Gasteiger partial charge is 0.376 e. The molecule has 2 aliphatic rings. The second kappa shape index (κ2) is 4.53. The van der Waals surface area contributed by atoms with Gasteiger partial charge in [0.1, 0.15) is 0 Å². The number of hydrogen-bond acceptors (Lipinski definition) is 4. The molecule has 4 heteroatoms. The minimum atomic E-state index is 0.331. The quantitative estimate of drug-likeness (QED) is 0.718. The van der Waals surface area contributed by atoms with Crippen LogP contribution in [0.15, 0.2) is 4.99 Å². The van der Waals surface area contributed by atoms with Crippen molar-refractivity contribution in [1.29, 1.82) is 0 Å². The van der Waals surface area contributed by atoms with Crippen molar-refractivity contribution in [1.82, 2.24) is 5.32 Å². The Morgan fingerprint density at radius 3 is 2.93 bits per heavy atom. The second-order valence-corrected chi connectivity index (χ2v) is 5.19. The van der Waals surface area contributed by atoms with Crippen molar-refractivity contribution in [3.8, 4) is 0 Å². The standard InChI is InChI=1S/C10H18N2OS/c1-7-5-11-10(14-6-7)12-9-3-4-13-8(9)2/h7-9H,3-6H2,1-2H3,(H,11,12). The first kappa shape index (κ1) is 10.3. The highest BCUT2D eigenvalue weighted by molar-refractivity contribution is 8.13. The first-order chi connectivity index (χ1) is 6.75. The molecule has 0 aromatic carbocycles. The summed E-state index contributed by atoms with van der Waals surface area (Å²) >= 11 is 1.84. The zero-order valence-electron chi connectivity index (χ0n) is 8.82. The summed E-state index contributed by atoms with van der Waals surface area (Å²) in [5, 5.41) is 4.59. The fourth-order valence-corrected chi connectivity index (χ4v) is 2.67. The Balaban J connectivity index is 1.85. The van der Waals surface area contributed by atoms with E-state index < -0.39 is 0 Å². The van der Waals surface area contributed by atoms with E-state index in [0.29, 0.717) is 12.1 Å². The second-order valence-electron chi connectivity index (χ2n) is 4.18. The third-order valence-electron chi connectivity index (χ3n) is 2.74. The maximum absolute atomic E-state index is 5.50. The van der Waals surface area contributed by atoms with Gasteiger partial charge in [0.15, 0.2) is 5.17 Å². The fraction of sp³-hybridized carbons (Fsp3) is 0.900. The molecule has 0 aromatic heterocycles. The Morgan fingerprint density at radius 1 is 1.50 bits per heavy atom. The molecule has 0 aliphatic carbocycles. The topological polar surface area (TPSA) is 33.6 Å². The zero-order chi connectivity index (χ0) is 9.97. The van der Waals surface area contributed by atoms with Crippen LogP contribution in [0.1, 0.15) is 20.3 Å². The lowest BCUT2D eigenvalue weighted by molar-refractivity contribution is 0.116. The summed E-state index contributed by atoms with van der Waals surface area (Å²) < 4.78 is 5.50. The third-order valence-corrected chi connectivity index (χ3v) is 3.99. The fourth-order valence-electron chi connectivity index (χ4n) is 1.73. The average Bonchev–Trinajstić information content (AvgIpc) is 2.56. The SMILES string of the molecule is CC1CN=C(NC2CCOC2C)SC1. The molecule has 80 valence electrons. The Kier molecular flexibility index (Phi) is 3.34. The van der Waals surface area contributed by atoms with Crippen molar-refractivity contribution >= 4 is 16.9 Å². The van der Waals surface area contributed by atoms with Gasteiger partial charge >= 0.3 is 0 Å². The number of aliphatic imine (C=N–C) groups is 1. The van der Waals surface area contributed by atoms with Crippen molar-refractivity contribution in [3.05, 3.63) is 0 Å². The monoisotopic (exact) mass is 214 g/mol. The first-order valence-corrected chi connectivity index (χ1v) is 6.29. The van der Waals surface area contributed by atoms with Crippen LogP contribution in [0, 0.1) is 5.92 Å². The summed E-state index contributed by atoms with van der Waals surface area (Å²) in [6.07, 6.45) is 1.44. The van der Waals surface area contributed by atoms with E-state index in [1.165, 1.54) is 5.75 Å². The molecule has 3 nitrogen and oxygen atoms in total. The van der Waals surface area contributed by atoms with E-state index in [9.17, 15) is 0 Å². The molecule has 1 fully saturated rings. The lowest BCUT2D eigenvalue weighted by atomic mass is 10.2. The molecular weight excluding hydrogens is 196 g/mol. The highest BCUT2D eigenvalue weighted by atomic mass is 32.2. The van der Waals surface area contributed by atoms with Crippen LogP contribution in [0.5, 0.6) is 0 Å². The van der Waals surface area contributed by atoms with Gasteiger partial charge in [-0.15, -0.1) is 0 Å². The van der Waals surface area contributed by atoms with E-state index in [0.717, 1.165) is 30.7 Å². The van der Waals surface area contributed by atoms with Crippen LogP contribution in [0.3, 0.4) is 0 Å². The molecule has 0 amide bonds. The predicted octanol–water partition coefficient (Wildman–Crippen LogP) is 1.49. The zero-order valence-corrected chi connectivity index (χ0v) is 9.64. The number of nitrogens with zero attached hydrogens (tertiary/aromatic N) is 1. The van der Waals surface area contributed by atoms with E-state index in [2.05, 4.69) is 24.2 Å². The van der Waals surface area contributed by atoms with Crippen LogP contribution in [0.25, 0.3) is 0 Å². The normalized spacial score (nSPS) is 38.1. The predicted molar refractivity (Wildman–Crippen MR) is 60.9 cm³/mol. The number of amidine groups is 1. The highest BCUT2D eigenvalue weighted by Crippen LogP contribution is 2.19. The molecule has 0 bridgehead atoms. The summed E-state index contributed by atoms with van der Waals surface area (Å²) in [7, 11) is 0. The van der Waals surface area contributed by atoms with Gasteiger partial charge in [0, 0.05) is 18.9 Å². The van der Waals surface area contributed by atoms with E-state index in [4.69, 9.17) is 4.74 Å². The molecule has 2 heterocycles. The summed E-state index contributed by atoms with van der Waals surface area (Å²) in [6, 6.07) is 0.467. The van der Waals surface area contributed by atoms with Crippen molar-refractivity contribution in [3.63, 3.8) is 0 Å². The summed E-state index contributed by atoms with van der Waals surface area (Å²) in [4.78, 5) is 4.52. The molecule has 3 atom stereocenters.